The normalized spacial score (nSPS) is 11.0. The molecule has 0 aromatic carbocycles. The number of sulfonamides is 1. The van der Waals surface area contributed by atoms with Crippen LogP contribution in [0.1, 0.15) is 19.8 Å². The van der Waals surface area contributed by atoms with Gasteiger partial charge in [0.25, 0.3) is 0 Å². The van der Waals surface area contributed by atoms with Crippen molar-refractivity contribution in [3.63, 3.8) is 0 Å². The highest BCUT2D eigenvalue weighted by atomic mass is 32.2. The van der Waals surface area contributed by atoms with Gasteiger partial charge in [-0.3, -0.25) is 4.72 Å². The third kappa shape index (κ3) is 6.91. The van der Waals surface area contributed by atoms with Gasteiger partial charge in [-0.1, -0.05) is 13.3 Å². The lowest BCUT2D eigenvalue weighted by Crippen LogP contribution is -2.29. The summed E-state index contributed by atoms with van der Waals surface area (Å²) in [5, 5.41) is 10.8. The number of aliphatic hydroxyl groups excluding tert-OH is 1. The number of pyridine rings is 1. The fourth-order valence-corrected chi connectivity index (χ4v) is 2.64. The molecule has 0 radical (unpaired) electrons. The molecule has 0 aliphatic heterocycles. The Balaban J connectivity index is 2.66. The van der Waals surface area contributed by atoms with E-state index in [9.17, 15) is 13.2 Å². The second-order valence-corrected chi connectivity index (χ2v) is 6.04. The van der Waals surface area contributed by atoms with Gasteiger partial charge in [0.05, 0.1) is 18.0 Å². The summed E-state index contributed by atoms with van der Waals surface area (Å²) in [5.74, 6) is -0.0138. The highest BCUT2D eigenvalue weighted by molar-refractivity contribution is 7.92. The summed E-state index contributed by atoms with van der Waals surface area (Å²) < 4.78 is 30.7. The zero-order valence-electron chi connectivity index (χ0n) is 11.7. The van der Waals surface area contributed by atoms with Crippen molar-refractivity contribution >= 4 is 21.8 Å². The summed E-state index contributed by atoms with van der Waals surface area (Å²) in [6, 6.07) is 2.77. The molecule has 0 saturated heterocycles. The molecule has 1 aromatic heterocycles. The first-order valence-electron chi connectivity index (χ1n) is 6.50. The van der Waals surface area contributed by atoms with Crippen LogP contribution in [0.5, 0.6) is 5.88 Å². The number of carbonyl (C=O) groups excluding carboxylic acids is 1. The van der Waals surface area contributed by atoms with Gasteiger partial charge in [0, 0.05) is 18.8 Å². The van der Waals surface area contributed by atoms with Gasteiger partial charge in [0.1, 0.15) is 0 Å². The molecule has 1 aromatic rings. The summed E-state index contributed by atoms with van der Waals surface area (Å²) in [5.41, 5.74) is 0.270. The fourth-order valence-electron chi connectivity index (χ4n) is 1.38. The van der Waals surface area contributed by atoms with Crippen LogP contribution in [0.3, 0.4) is 0 Å². The molecule has 118 valence electrons. The number of carbonyl (C=O) groups is 1. The van der Waals surface area contributed by atoms with Crippen LogP contribution >= 0.6 is 0 Å². The molecular formula is C12H19N3O5S. The van der Waals surface area contributed by atoms with E-state index in [1.165, 1.54) is 18.3 Å². The van der Waals surface area contributed by atoms with Gasteiger partial charge in [-0.25, -0.2) is 18.2 Å². The van der Waals surface area contributed by atoms with Gasteiger partial charge in [-0.2, -0.15) is 0 Å². The van der Waals surface area contributed by atoms with Gasteiger partial charge in [-0.15, -0.1) is 0 Å². The van der Waals surface area contributed by atoms with E-state index in [0.29, 0.717) is 6.42 Å². The number of rotatable bonds is 8. The Labute approximate surface area is 123 Å². The van der Waals surface area contributed by atoms with E-state index in [4.69, 9.17) is 9.84 Å². The first kappa shape index (κ1) is 17.2. The zero-order chi connectivity index (χ0) is 15.7. The average Bonchev–Trinajstić information content (AvgIpc) is 2.43. The smallest absolute Gasteiger partial charge is 0.395 e. The van der Waals surface area contributed by atoms with Crippen LogP contribution in [-0.2, 0) is 10.0 Å². The van der Waals surface area contributed by atoms with Crippen LogP contribution in [0.2, 0.25) is 0 Å². The summed E-state index contributed by atoms with van der Waals surface area (Å²) in [7, 11) is -3.42. The minimum Gasteiger partial charge on any atom is -0.395 e. The summed E-state index contributed by atoms with van der Waals surface area (Å²) in [4.78, 5) is 15.1. The molecule has 9 heteroatoms. The van der Waals surface area contributed by atoms with Crippen LogP contribution < -0.4 is 14.8 Å². The quantitative estimate of drug-likeness (QED) is 0.650. The molecule has 0 atom stereocenters. The van der Waals surface area contributed by atoms with Gasteiger partial charge >= 0.3 is 6.09 Å². The lowest BCUT2D eigenvalue weighted by Gasteiger charge is -2.09. The molecule has 0 aliphatic carbocycles. The molecule has 0 unspecified atom stereocenters. The molecule has 0 bridgehead atoms. The van der Waals surface area contributed by atoms with E-state index in [0.717, 1.165) is 6.42 Å². The lowest BCUT2D eigenvalue weighted by molar-refractivity contribution is 0.194. The Morgan fingerprint density at radius 3 is 2.90 bits per heavy atom. The van der Waals surface area contributed by atoms with Crippen LogP contribution in [0.15, 0.2) is 18.3 Å². The first-order valence-corrected chi connectivity index (χ1v) is 8.15. The molecule has 0 saturated carbocycles. The topological polar surface area (TPSA) is 118 Å². The zero-order valence-corrected chi connectivity index (χ0v) is 12.5. The largest absolute Gasteiger partial charge is 0.414 e. The number of aliphatic hydroxyl groups is 1. The van der Waals surface area contributed by atoms with E-state index in [1.54, 1.807) is 0 Å². The summed E-state index contributed by atoms with van der Waals surface area (Å²) in [6.45, 7) is 1.75. The van der Waals surface area contributed by atoms with Crippen molar-refractivity contribution in [3.05, 3.63) is 18.3 Å². The van der Waals surface area contributed by atoms with Crippen LogP contribution in [0, 0.1) is 0 Å². The molecular weight excluding hydrogens is 298 g/mol. The first-order chi connectivity index (χ1) is 9.96. The number of amides is 1. The van der Waals surface area contributed by atoms with Crippen molar-refractivity contribution < 1.29 is 23.1 Å². The number of ether oxygens (including phenoxy) is 1. The SMILES string of the molecule is CCCCS(=O)(=O)Nc1ccnc(OC(=O)NCCO)c1. The molecule has 1 amide bonds. The van der Waals surface area contributed by atoms with Gasteiger partial charge < -0.3 is 15.2 Å². The van der Waals surface area contributed by atoms with Gasteiger partial charge in [0.15, 0.2) is 0 Å². The minimum absolute atomic E-state index is 0.0268. The number of nitrogens with one attached hydrogen (secondary N) is 2. The third-order valence-corrected chi connectivity index (χ3v) is 3.73. The lowest BCUT2D eigenvalue weighted by atomic mass is 10.4. The summed E-state index contributed by atoms with van der Waals surface area (Å²) >= 11 is 0. The highest BCUT2D eigenvalue weighted by Gasteiger charge is 2.11. The molecule has 21 heavy (non-hydrogen) atoms. The number of hydrogen-bond acceptors (Lipinski definition) is 6. The molecule has 3 N–H and O–H groups in total. The predicted octanol–water partition coefficient (Wildman–Crippen LogP) is 0.704. The average molecular weight is 317 g/mol. The molecule has 0 fully saturated rings. The fraction of sp³-hybridized carbons (Fsp3) is 0.500. The van der Waals surface area contributed by atoms with Crippen LogP contribution in [0.25, 0.3) is 0 Å². The maximum Gasteiger partial charge on any atom is 0.414 e. The van der Waals surface area contributed by atoms with Gasteiger partial charge in [-0.05, 0) is 12.5 Å². The predicted molar refractivity (Wildman–Crippen MR) is 77.7 cm³/mol. The monoisotopic (exact) mass is 317 g/mol. The van der Waals surface area contributed by atoms with E-state index < -0.39 is 16.1 Å². The number of nitrogens with zero attached hydrogens (tertiary/aromatic N) is 1. The van der Waals surface area contributed by atoms with E-state index in [1.807, 2.05) is 6.92 Å². The highest BCUT2D eigenvalue weighted by Crippen LogP contribution is 2.16. The van der Waals surface area contributed by atoms with E-state index >= 15 is 0 Å². The number of aromatic nitrogens is 1. The Bertz CT molecular complexity index is 562. The van der Waals surface area contributed by atoms with Crippen LogP contribution in [-0.4, -0.2) is 43.5 Å². The van der Waals surface area contributed by atoms with Crippen molar-refractivity contribution in [2.75, 3.05) is 23.6 Å². The van der Waals surface area contributed by atoms with Crippen molar-refractivity contribution in [3.8, 4) is 5.88 Å². The second-order valence-electron chi connectivity index (χ2n) is 4.20. The van der Waals surface area contributed by atoms with Crippen LogP contribution in [0.4, 0.5) is 10.5 Å². The number of hydrogen-bond donors (Lipinski definition) is 3. The maximum atomic E-state index is 11.8. The molecule has 0 spiro atoms. The Kier molecular flexibility index (Phi) is 6.89. The number of unbranched alkanes of at least 4 members (excludes halogenated alkanes) is 1. The van der Waals surface area contributed by atoms with Crippen molar-refractivity contribution in [1.29, 1.82) is 0 Å². The minimum atomic E-state index is -3.42. The standard InChI is InChI=1S/C12H19N3O5S/c1-2-3-8-21(18,19)15-10-4-5-13-11(9-10)20-12(17)14-6-7-16/h4-5,9,16H,2-3,6-8H2,1H3,(H,13,15)(H,14,17). The van der Waals surface area contributed by atoms with E-state index in [-0.39, 0.29) is 30.5 Å². The van der Waals surface area contributed by atoms with Crippen molar-refractivity contribution in [2.45, 2.75) is 19.8 Å². The molecule has 1 heterocycles. The van der Waals surface area contributed by atoms with Gasteiger partial charge in [0.2, 0.25) is 15.9 Å². The number of anilines is 1. The Morgan fingerprint density at radius 2 is 2.24 bits per heavy atom. The van der Waals surface area contributed by atoms with Crippen molar-refractivity contribution in [1.82, 2.24) is 10.3 Å². The second kappa shape index (κ2) is 8.42. The maximum absolute atomic E-state index is 11.8. The molecule has 1 rings (SSSR count). The summed E-state index contributed by atoms with van der Waals surface area (Å²) in [6.07, 6.45) is 1.89. The van der Waals surface area contributed by atoms with Crippen molar-refractivity contribution in [2.24, 2.45) is 0 Å². The molecule has 0 aliphatic rings. The molecule has 8 nitrogen and oxygen atoms in total. The Morgan fingerprint density at radius 1 is 1.48 bits per heavy atom. The third-order valence-electron chi connectivity index (χ3n) is 2.35. The Hall–Kier alpha value is -1.87. The van der Waals surface area contributed by atoms with E-state index in [2.05, 4.69) is 15.0 Å².